The van der Waals surface area contributed by atoms with Gasteiger partial charge in [0.25, 0.3) is 5.91 Å². The molecule has 1 aromatic heterocycles. The summed E-state index contributed by atoms with van der Waals surface area (Å²) in [6.45, 7) is 4.21. The van der Waals surface area contributed by atoms with Crippen LogP contribution in [0.15, 0.2) is 41.4 Å². The molecule has 1 fully saturated rings. The first-order valence-corrected chi connectivity index (χ1v) is 10.0. The maximum Gasteiger partial charge on any atom is 0.256 e. The molecule has 0 saturated carbocycles. The molecule has 138 valence electrons. The molecule has 0 N–H and O–H groups in total. The molecule has 1 aromatic carbocycles. The van der Waals surface area contributed by atoms with Crippen molar-refractivity contribution in [1.82, 2.24) is 14.2 Å². The van der Waals surface area contributed by atoms with Crippen molar-refractivity contribution in [3.63, 3.8) is 0 Å². The van der Waals surface area contributed by atoms with E-state index in [0.717, 1.165) is 0 Å². The topological polar surface area (TPSA) is 94.4 Å². The number of benzene rings is 1. The number of amides is 1. The molecule has 0 spiro atoms. The third kappa shape index (κ3) is 2.46. The molecular weight excluding hydrogens is 364 g/mol. The third-order valence-electron chi connectivity index (χ3n) is 5.37. The second-order valence-corrected chi connectivity index (χ2v) is 8.97. The summed E-state index contributed by atoms with van der Waals surface area (Å²) in [6, 6.07) is 10.0. The number of fused-ring (bicyclic) bond motifs is 3. The smallest absolute Gasteiger partial charge is 0.256 e. The van der Waals surface area contributed by atoms with Crippen LogP contribution in [0.3, 0.4) is 0 Å². The van der Waals surface area contributed by atoms with Crippen LogP contribution in [0.25, 0.3) is 0 Å². The Bertz CT molecular complexity index is 1110. The van der Waals surface area contributed by atoms with E-state index in [-0.39, 0.29) is 23.9 Å². The van der Waals surface area contributed by atoms with E-state index in [1.807, 2.05) is 13.0 Å². The molecule has 4 rings (SSSR count). The molecule has 0 radical (unpaired) electrons. The molecule has 7 nitrogen and oxygen atoms in total. The maximum atomic E-state index is 13.3. The molecule has 0 aliphatic carbocycles. The molecule has 27 heavy (non-hydrogen) atoms. The lowest BCUT2D eigenvalue weighted by atomic mass is 9.95. The standard InChI is InChI=1S/C19H18N4O3S/c1-13-10-14(11-20)5-6-16(13)27(25,26)22-8-9-23-18(24)15-4-3-7-21-17(15)19(23,2)12-22/h3-7,10H,8-9,12H2,1-2H3. The number of nitrogens with zero attached hydrogens (tertiary/aromatic N) is 4. The highest BCUT2D eigenvalue weighted by Gasteiger charge is 2.52. The number of rotatable bonds is 2. The van der Waals surface area contributed by atoms with E-state index in [0.29, 0.717) is 28.9 Å². The first-order valence-electron chi connectivity index (χ1n) is 8.57. The lowest BCUT2D eigenvalue weighted by Crippen LogP contribution is -2.58. The van der Waals surface area contributed by atoms with Crippen LogP contribution in [0.2, 0.25) is 0 Å². The van der Waals surface area contributed by atoms with E-state index in [4.69, 9.17) is 5.26 Å². The van der Waals surface area contributed by atoms with Gasteiger partial charge in [0, 0.05) is 25.8 Å². The monoisotopic (exact) mass is 382 g/mol. The van der Waals surface area contributed by atoms with Gasteiger partial charge in [-0.3, -0.25) is 9.78 Å². The summed E-state index contributed by atoms with van der Waals surface area (Å²) >= 11 is 0. The Balaban J connectivity index is 1.74. The van der Waals surface area contributed by atoms with E-state index >= 15 is 0 Å². The van der Waals surface area contributed by atoms with E-state index in [1.54, 1.807) is 36.2 Å². The predicted molar refractivity (Wildman–Crippen MR) is 97.3 cm³/mol. The van der Waals surface area contributed by atoms with Crippen molar-refractivity contribution >= 4 is 15.9 Å². The molecule has 1 amide bonds. The minimum atomic E-state index is -3.76. The highest BCUT2D eigenvalue weighted by atomic mass is 32.2. The highest BCUT2D eigenvalue weighted by molar-refractivity contribution is 7.89. The number of carbonyl (C=O) groups excluding carboxylic acids is 1. The molecule has 0 bridgehead atoms. The van der Waals surface area contributed by atoms with Gasteiger partial charge in [0.15, 0.2) is 0 Å². The predicted octanol–water partition coefficient (Wildman–Crippen LogP) is 1.64. The maximum absolute atomic E-state index is 13.3. The lowest BCUT2D eigenvalue weighted by molar-refractivity contribution is 0.0365. The summed E-state index contributed by atoms with van der Waals surface area (Å²) in [4.78, 5) is 18.9. The summed E-state index contributed by atoms with van der Waals surface area (Å²) in [5.41, 5.74) is 1.31. The van der Waals surface area contributed by atoms with Gasteiger partial charge in [-0.15, -0.1) is 0 Å². The van der Waals surface area contributed by atoms with Gasteiger partial charge >= 0.3 is 0 Å². The van der Waals surface area contributed by atoms with E-state index in [1.165, 1.54) is 16.4 Å². The number of pyridine rings is 1. The van der Waals surface area contributed by atoms with Gasteiger partial charge in [-0.1, -0.05) is 0 Å². The van der Waals surface area contributed by atoms with Gasteiger partial charge in [-0.05, 0) is 49.7 Å². The minimum absolute atomic E-state index is 0.104. The Kier molecular flexibility index (Phi) is 3.84. The van der Waals surface area contributed by atoms with Crippen LogP contribution in [0.5, 0.6) is 0 Å². The Morgan fingerprint density at radius 1 is 1.26 bits per heavy atom. The molecule has 8 heteroatoms. The summed E-state index contributed by atoms with van der Waals surface area (Å²) in [6.07, 6.45) is 1.62. The summed E-state index contributed by atoms with van der Waals surface area (Å²) in [5, 5.41) is 9.00. The fraction of sp³-hybridized carbons (Fsp3) is 0.316. The van der Waals surface area contributed by atoms with Crippen LogP contribution in [0, 0.1) is 18.3 Å². The lowest BCUT2D eigenvalue weighted by Gasteiger charge is -2.44. The van der Waals surface area contributed by atoms with Crippen molar-refractivity contribution in [2.45, 2.75) is 24.3 Å². The Hall–Kier alpha value is -2.76. The van der Waals surface area contributed by atoms with E-state index in [9.17, 15) is 13.2 Å². The molecular formula is C19H18N4O3S. The molecule has 2 aromatic rings. The van der Waals surface area contributed by atoms with Gasteiger partial charge < -0.3 is 4.90 Å². The molecule has 2 aliphatic rings. The fourth-order valence-electron chi connectivity index (χ4n) is 4.00. The molecule has 1 unspecified atom stereocenters. The number of aryl methyl sites for hydroxylation is 1. The molecule has 1 atom stereocenters. The Morgan fingerprint density at radius 2 is 2.04 bits per heavy atom. The SMILES string of the molecule is Cc1cc(C#N)ccc1S(=O)(=O)N1CCN2C(=O)c3cccnc3C2(C)C1. The number of nitriles is 1. The fourth-order valence-corrected chi connectivity index (χ4v) is 5.73. The quantitative estimate of drug-likeness (QED) is 0.787. The third-order valence-corrected chi connectivity index (χ3v) is 7.37. The van der Waals surface area contributed by atoms with Crippen LogP contribution in [-0.2, 0) is 15.6 Å². The van der Waals surface area contributed by atoms with Crippen molar-refractivity contribution in [3.05, 3.63) is 58.9 Å². The average molecular weight is 382 g/mol. The van der Waals surface area contributed by atoms with Crippen LogP contribution in [-0.4, -0.2) is 48.1 Å². The molecule has 1 saturated heterocycles. The zero-order chi connectivity index (χ0) is 19.4. The highest BCUT2D eigenvalue weighted by Crippen LogP contribution is 2.41. The largest absolute Gasteiger partial charge is 0.325 e. The number of aromatic nitrogens is 1. The van der Waals surface area contributed by atoms with Crippen molar-refractivity contribution in [2.24, 2.45) is 0 Å². The zero-order valence-electron chi connectivity index (χ0n) is 15.0. The first-order chi connectivity index (χ1) is 12.8. The molecule has 2 aliphatic heterocycles. The van der Waals surface area contributed by atoms with Crippen molar-refractivity contribution in [2.75, 3.05) is 19.6 Å². The Labute approximate surface area is 157 Å². The number of piperazine rings is 1. The number of hydrogen-bond donors (Lipinski definition) is 0. The Morgan fingerprint density at radius 3 is 2.74 bits per heavy atom. The number of sulfonamides is 1. The van der Waals surface area contributed by atoms with Crippen LogP contribution in [0.1, 0.15) is 34.1 Å². The normalized spacial score (nSPS) is 22.3. The zero-order valence-corrected chi connectivity index (χ0v) is 15.8. The van der Waals surface area contributed by atoms with Gasteiger partial charge in [0.1, 0.15) is 0 Å². The summed E-state index contributed by atoms with van der Waals surface area (Å²) in [7, 11) is -3.76. The minimum Gasteiger partial charge on any atom is -0.325 e. The van der Waals surface area contributed by atoms with Crippen molar-refractivity contribution in [3.8, 4) is 6.07 Å². The second kappa shape index (κ2) is 5.87. The number of carbonyl (C=O) groups is 1. The second-order valence-electron chi connectivity index (χ2n) is 7.06. The van der Waals surface area contributed by atoms with E-state index < -0.39 is 15.6 Å². The summed E-state index contributed by atoms with van der Waals surface area (Å²) < 4.78 is 27.9. The van der Waals surface area contributed by atoms with Gasteiger partial charge in [0.05, 0.1) is 33.3 Å². The van der Waals surface area contributed by atoms with Gasteiger partial charge in [0.2, 0.25) is 10.0 Å². The van der Waals surface area contributed by atoms with Crippen LogP contribution in [0.4, 0.5) is 0 Å². The van der Waals surface area contributed by atoms with Gasteiger partial charge in [-0.2, -0.15) is 9.57 Å². The van der Waals surface area contributed by atoms with Crippen LogP contribution >= 0.6 is 0 Å². The van der Waals surface area contributed by atoms with Crippen molar-refractivity contribution in [1.29, 1.82) is 5.26 Å². The summed E-state index contributed by atoms with van der Waals surface area (Å²) in [5.74, 6) is -0.104. The van der Waals surface area contributed by atoms with Gasteiger partial charge in [-0.25, -0.2) is 8.42 Å². The van der Waals surface area contributed by atoms with E-state index in [2.05, 4.69) is 4.98 Å². The average Bonchev–Trinajstić information content (AvgIpc) is 2.89. The van der Waals surface area contributed by atoms with Crippen molar-refractivity contribution < 1.29 is 13.2 Å². The molecule has 3 heterocycles. The van der Waals surface area contributed by atoms with Crippen LogP contribution < -0.4 is 0 Å². The first kappa shape index (κ1) is 17.6. The number of hydrogen-bond acceptors (Lipinski definition) is 5.